The number of hydrogen-bond donors (Lipinski definition) is 2. The maximum absolute atomic E-state index is 8.66. The largest absolute Gasteiger partial charge is 0.409 e. The van der Waals surface area contributed by atoms with Crippen molar-refractivity contribution in [1.82, 2.24) is 4.90 Å². The molecular formula is C13H18IN3O. The van der Waals surface area contributed by atoms with E-state index in [9.17, 15) is 0 Å². The summed E-state index contributed by atoms with van der Waals surface area (Å²) in [5, 5.41) is 11.8. The summed E-state index contributed by atoms with van der Waals surface area (Å²) in [6, 6.07) is 8.63. The lowest BCUT2D eigenvalue weighted by Crippen LogP contribution is -2.38. The lowest BCUT2D eigenvalue weighted by atomic mass is 9.95. The zero-order chi connectivity index (χ0) is 13.0. The molecule has 1 aliphatic heterocycles. The van der Waals surface area contributed by atoms with Crippen molar-refractivity contribution in [2.75, 3.05) is 13.1 Å². The Labute approximate surface area is 121 Å². The van der Waals surface area contributed by atoms with E-state index in [4.69, 9.17) is 10.9 Å². The van der Waals surface area contributed by atoms with Gasteiger partial charge in [0.25, 0.3) is 0 Å². The molecule has 2 rings (SSSR count). The Bertz CT molecular complexity index is 411. The second-order valence-corrected chi connectivity index (χ2v) is 5.95. The highest BCUT2D eigenvalue weighted by Crippen LogP contribution is 2.19. The van der Waals surface area contributed by atoms with E-state index in [-0.39, 0.29) is 5.92 Å². The number of nitrogens with two attached hydrogens (primary N) is 1. The highest BCUT2D eigenvalue weighted by molar-refractivity contribution is 14.1. The minimum absolute atomic E-state index is 0.239. The van der Waals surface area contributed by atoms with Crippen LogP contribution in [-0.2, 0) is 6.54 Å². The van der Waals surface area contributed by atoms with Gasteiger partial charge in [-0.2, -0.15) is 0 Å². The number of rotatable bonds is 3. The highest BCUT2D eigenvalue weighted by atomic mass is 127. The Balaban J connectivity index is 1.85. The summed E-state index contributed by atoms with van der Waals surface area (Å²) in [4.78, 5) is 2.42. The third kappa shape index (κ3) is 3.58. The molecule has 4 nitrogen and oxygen atoms in total. The summed E-state index contributed by atoms with van der Waals surface area (Å²) in [5.74, 6) is 0.617. The lowest BCUT2D eigenvalue weighted by molar-refractivity contribution is 0.198. The van der Waals surface area contributed by atoms with Gasteiger partial charge in [0.2, 0.25) is 0 Å². The van der Waals surface area contributed by atoms with Crippen LogP contribution in [0.4, 0.5) is 0 Å². The van der Waals surface area contributed by atoms with Crippen molar-refractivity contribution < 1.29 is 5.21 Å². The average Bonchev–Trinajstić information content (AvgIpc) is 2.41. The Morgan fingerprint density at radius 3 is 2.50 bits per heavy atom. The lowest BCUT2D eigenvalue weighted by Gasteiger charge is -2.31. The van der Waals surface area contributed by atoms with Crippen molar-refractivity contribution in [2.45, 2.75) is 19.4 Å². The number of hydrogen-bond acceptors (Lipinski definition) is 3. The Hall–Kier alpha value is -0.820. The van der Waals surface area contributed by atoms with Crippen LogP contribution < -0.4 is 5.73 Å². The third-order valence-electron chi connectivity index (χ3n) is 3.44. The van der Waals surface area contributed by atoms with Crippen LogP contribution in [-0.4, -0.2) is 29.0 Å². The summed E-state index contributed by atoms with van der Waals surface area (Å²) >= 11 is 2.32. The van der Waals surface area contributed by atoms with E-state index >= 15 is 0 Å². The van der Waals surface area contributed by atoms with Gasteiger partial charge in [-0.1, -0.05) is 17.3 Å². The second kappa shape index (κ2) is 6.38. The number of benzene rings is 1. The monoisotopic (exact) mass is 359 g/mol. The Kier molecular flexibility index (Phi) is 4.82. The molecule has 1 aliphatic rings. The van der Waals surface area contributed by atoms with Gasteiger partial charge in [-0.15, -0.1) is 0 Å². The average molecular weight is 359 g/mol. The van der Waals surface area contributed by atoms with Gasteiger partial charge in [0.1, 0.15) is 5.84 Å². The SMILES string of the molecule is NC(=NO)C1CCN(Cc2ccc(I)cc2)CC1. The van der Waals surface area contributed by atoms with E-state index in [1.54, 1.807) is 0 Å². The van der Waals surface area contributed by atoms with E-state index in [1.165, 1.54) is 9.13 Å². The van der Waals surface area contributed by atoms with Gasteiger partial charge < -0.3 is 10.9 Å². The molecule has 1 fully saturated rings. The Morgan fingerprint density at radius 2 is 1.94 bits per heavy atom. The maximum Gasteiger partial charge on any atom is 0.142 e. The molecule has 0 radical (unpaired) electrons. The second-order valence-electron chi connectivity index (χ2n) is 4.70. The standard InChI is InChI=1S/C13H18IN3O/c14-12-3-1-10(2-4-12)9-17-7-5-11(6-8-17)13(15)16-18/h1-4,11,18H,5-9H2,(H2,15,16). The van der Waals surface area contributed by atoms with Crippen LogP contribution in [0.2, 0.25) is 0 Å². The van der Waals surface area contributed by atoms with Gasteiger partial charge in [0.05, 0.1) is 0 Å². The van der Waals surface area contributed by atoms with Crippen molar-refractivity contribution in [2.24, 2.45) is 16.8 Å². The third-order valence-corrected chi connectivity index (χ3v) is 4.16. The minimum atomic E-state index is 0.239. The van der Waals surface area contributed by atoms with Gasteiger partial charge in [-0.25, -0.2) is 0 Å². The summed E-state index contributed by atoms with van der Waals surface area (Å²) in [7, 11) is 0. The van der Waals surface area contributed by atoms with Crippen molar-refractivity contribution in [1.29, 1.82) is 0 Å². The van der Waals surface area contributed by atoms with Crippen molar-refractivity contribution in [3.63, 3.8) is 0 Å². The Morgan fingerprint density at radius 1 is 1.33 bits per heavy atom. The quantitative estimate of drug-likeness (QED) is 0.286. The van der Waals surface area contributed by atoms with Crippen LogP contribution >= 0.6 is 22.6 Å². The summed E-state index contributed by atoms with van der Waals surface area (Å²) in [5.41, 5.74) is 6.99. The zero-order valence-electron chi connectivity index (χ0n) is 10.2. The van der Waals surface area contributed by atoms with Gasteiger partial charge >= 0.3 is 0 Å². The van der Waals surface area contributed by atoms with Crippen molar-refractivity contribution in [3.05, 3.63) is 33.4 Å². The normalized spacial score (nSPS) is 19.1. The number of likely N-dealkylation sites (tertiary alicyclic amines) is 1. The number of oxime groups is 1. The first-order chi connectivity index (χ1) is 8.69. The summed E-state index contributed by atoms with van der Waals surface area (Å²) in [6.07, 6.45) is 1.94. The molecule has 3 N–H and O–H groups in total. The molecular weight excluding hydrogens is 341 g/mol. The van der Waals surface area contributed by atoms with Gasteiger partial charge in [-0.05, 0) is 66.2 Å². The molecule has 5 heteroatoms. The molecule has 98 valence electrons. The van der Waals surface area contributed by atoms with Gasteiger partial charge in [-0.3, -0.25) is 4.90 Å². The summed E-state index contributed by atoms with van der Waals surface area (Å²) < 4.78 is 1.27. The molecule has 0 aromatic heterocycles. The van der Waals surface area contributed by atoms with Crippen molar-refractivity contribution in [3.8, 4) is 0 Å². The fourth-order valence-corrected chi connectivity index (χ4v) is 2.68. The van der Waals surface area contributed by atoms with E-state index in [0.717, 1.165) is 32.5 Å². The number of nitrogens with zero attached hydrogens (tertiary/aromatic N) is 2. The molecule has 0 atom stereocenters. The van der Waals surface area contributed by atoms with Gasteiger partial charge in [0.15, 0.2) is 0 Å². The highest BCUT2D eigenvalue weighted by Gasteiger charge is 2.22. The fraction of sp³-hybridized carbons (Fsp3) is 0.462. The maximum atomic E-state index is 8.66. The summed E-state index contributed by atoms with van der Waals surface area (Å²) in [6.45, 7) is 3.00. The van der Waals surface area contributed by atoms with E-state index in [1.807, 2.05) is 0 Å². The smallest absolute Gasteiger partial charge is 0.142 e. The van der Waals surface area contributed by atoms with Crippen LogP contribution in [0.25, 0.3) is 0 Å². The molecule has 1 aromatic rings. The minimum Gasteiger partial charge on any atom is -0.409 e. The molecule has 1 aromatic carbocycles. The number of piperidine rings is 1. The van der Waals surface area contributed by atoms with Gasteiger partial charge in [0, 0.05) is 16.0 Å². The molecule has 0 aliphatic carbocycles. The van der Waals surface area contributed by atoms with Crippen molar-refractivity contribution >= 4 is 28.4 Å². The van der Waals surface area contributed by atoms with Crippen LogP contribution in [0.1, 0.15) is 18.4 Å². The fourth-order valence-electron chi connectivity index (χ4n) is 2.32. The first-order valence-corrected chi connectivity index (χ1v) is 7.21. The molecule has 0 spiro atoms. The van der Waals surface area contributed by atoms with Crippen LogP contribution in [0.3, 0.4) is 0 Å². The molecule has 0 unspecified atom stereocenters. The first kappa shape index (κ1) is 13.6. The first-order valence-electron chi connectivity index (χ1n) is 6.13. The number of halogens is 1. The molecule has 0 bridgehead atoms. The van der Waals surface area contributed by atoms with Crippen LogP contribution in [0.5, 0.6) is 0 Å². The van der Waals surface area contributed by atoms with E-state index in [0.29, 0.717) is 5.84 Å². The van der Waals surface area contributed by atoms with Crippen LogP contribution in [0.15, 0.2) is 29.4 Å². The van der Waals surface area contributed by atoms with Crippen LogP contribution in [0, 0.1) is 9.49 Å². The molecule has 1 heterocycles. The molecule has 1 saturated heterocycles. The predicted molar refractivity (Wildman–Crippen MR) is 80.6 cm³/mol. The van der Waals surface area contributed by atoms with E-state index < -0.39 is 0 Å². The van der Waals surface area contributed by atoms with E-state index in [2.05, 4.69) is 56.9 Å². The molecule has 0 saturated carbocycles. The predicted octanol–water partition coefficient (Wildman–Crippen LogP) is 2.25. The topological polar surface area (TPSA) is 61.9 Å². The zero-order valence-corrected chi connectivity index (χ0v) is 12.4. The molecule has 18 heavy (non-hydrogen) atoms. The number of amidine groups is 1. The molecule has 0 amide bonds.